The molecule has 0 radical (unpaired) electrons. The Kier molecular flexibility index (Phi) is 2.32. The van der Waals surface area contributed by atoms with Gasteiger partial charge in [-0.2, -0.15) is 4.98 Å². The molecular weight excluding hydrogens is 182 g/mol. The second-order valence-electron chi connectivity index (χ2n) is 2.71. The molecule has 0 unspecified atom stereocenters. The maximum Gasteiger partial charge on any atom is 0.215 e. The minimum atomic E-state index is 0.266. The van der Waals surface area contributed by atoms with E-state index in [2.05, 4.69) is 9.97 Å². The van der Waals surface area contributed by atoms with Crippen molar-refractivity contribution in [2.45, 2.75) is 13.5 Å². The van der Waals surface area contributed by atoms with Crippen molar-refractivity contribution in [3.8, 4) is 5.75 Å². The lowest BCUT2D eigenvalue weighted by Gasteiger charge is -2.00. The Morgan fingerprint density at radius 2 is 2.43 bits per heavy atom. The van der Waals surface area contributed by atoms with Crippen LogP contribution in [-0.4, -0.2) is 16.6 Å². The molecule has 0 bridgehead atoms. The number of hydrogen-bond donors (Lipinski definition) is 1. The van der Waals surface area contributed by atoms with E-state index in [9.17, 15) is 0 Å². The monoisotopic (exact) mass is 193 g/mol. The molecule has 0 aliphatic rings. The van der Waals surface area contributed by atoms with Gasteiger partial charge in [-0.3, -0.25) is 0 Å². The van der Waals surface area contributed by atoms with Crippen LogP contribution in [0.1, 0.15) is 12.8 Å². The summed E-state index contributed by atoms with van der Waals surface area (Å²) in [4.78, 5) is 8.14. The number of oxazole rings is 1. The summed E-state index contributed by atoms with van der Waals surface area (Å²) >= 11 is 0. The number of pyridine rings is 1. The third-order valence-electron chi connectivity index (χ3n) is 1.77. The van der Waals surface area contributed by atoms with Crippen molar-refractivity contribution in [1.29, 1.82) is 0 Å². The van der Waals surface area contributed by atoms with Gasteiger partial charge in [0.05, 0.1) is 13.2 Å². The third-order valence-corrected chi connectivity index (χ3v) is 1.77. The number of hydrogen-bond acceptors (Lipinski definition) is 5. The van der Waals surface area contributed by atoms with Crippen molar-refractivity contribution >= 4 is 11.2 Å². The number of nitrogens with zero attached hydrogens (tertiary/aromatic N) is 2. The molecule has 2 aromatic rings. The molecule has 0 aliphatic carbocycles. The molecular formula is C9H11N3O2. The molecule has 0 fully saturated rings. The molecule has 74 valence electrons. The fourth-order valence-corrected chi connectivity index (χ4v) is 1.21. The van der Waals surface area contributed by atoms with Crippen LogP contribution in [0.5, 0.6) is 5.75 Å². The van der Waals surface area contributed by atoms with Crippen LogP contribution >= 0.6 is 0 Å². The van der Waals surface area contributed by atoms with E-state index < -0.39 is 0 Å². The average Bonchev–Trinajstić information content (AvgIpc) is 2.62. The van der Waals surface area contributed by atoms with Crippen LogP contribution in [0.3, 0.4) is 0 Å². The first-order valence-electron chi connectivity index (χ1n) is 4.42. The average molecular weight is 193 g/mol. The van der Waals surface area contributed by atoms with E-state index in [0.29, 0.717) is 29.5 Å². The molecule has 14 heavy (non-hydrogen) atoms. The number of fused-ring (bicyclic) bond motifs is 1. The zero-order valence-corrected chi connectivity index (χ0v) is 7.86. The highest BCUT2D eigenvalue weighted by Crippen LogP contribution is 2.24. The molecule has 5 heteroatoms. The zero-order chi connectivity index (χ0) is 9.97. The zero-order valence-electron chi connectivity index (χ0n) is 7.86. The molecule has 0 amide bonds. The van der Waals surface area contributed by atoms with E-state index in [1.54, 1.807) is 12.3 Å². The Bertz CT molecular complexity index is 439. The second-order valence-corrected chi connectivity index (χ2v) is 2.71. The SMILES string of the molecule is CCOc1ccnc2nc(CN)oc12. The van der Waals surface area contributed by atoms with Gasteiger partial charge in [0.25, 0.3) is 0 Å². The fourth-order valence-electron chi connectivity index (χ4n) is 1.21. The molecule has 0 aromatic carbocycles. The van der Waals surface area contributed by atoms with Gasteiger partial charge in [0.2, 0.25) is 17.1 Å². The maximum atomic E-state index is 5.41. The highest BCUT2D eigenvalue weighted by molar-refractivity contribution is 5.75. The van der Waals surface area contributed by atoms with Crippen LogP contribution in [0.15, 0.2) is 16.7 Å². The highest BCUT2D eigenvalue weighted by atomic mass is 16.5. The van der Waals surface area contributed by atoms with Crippen molar-refractivity contribution in [2.24, 2.45) is 5.73 Å². The highest BCUT2D eigenvalue weighted by Gasteiger charge is 2.10. The lowest BCUT2D eigenvalue weighted by Crippen LogP contribution is -1.95. The summed E-state index contributed by atoms with van der Waals surface area (Å²) in [5, 5.41) is 0. The minimum absolute atomic E-state index is 0.266. The van der Waals surface area contributed by atoms with Crippen LogP contribution in [0.25, 0.3) is 11.2 Å². The van der Waals surface area contributed by atoms with Gasteiger partial charge in [0.1, 0.15) is 0 Å². The number of aromatic nitrogens is 2. The molecule has 5 nitrogen and oxygen atoms in total. The van der Waals surface area contributed by atoms with Crippen molar-refractivity contribution in [1.82, 2.24) is 9.97 Å². The Labute approximate surface area is 80.9 Å². The van der Waals surface area contributed by atoms with Crippen molar-refractivity contribution in [2.75, 3.05) is 6.61 Å². The summed E-state index contributed by atoms with van der Waals surface area (Å²) in [6, 6.07) is 1.75. The summed E-state index contributed by atoms with van der Waals surface area (Å²) < 4.78 is 10.7. The Morgan fingerprint density at radius 1 is 1.57 bits per heavy atom. The maximum absolute atomic E-state index is 5.41. The standard InChI is InChI=1S/C9H11N3O2/c1-2-13-6-3-4-11-9-8(6)14-7(5-10)12-9/h3-4H,2,5,10H2,1H3. The lowest BCUT2D eigenvalue weighted by atomic mass is 10.4. The molecule has 0 saturated heterocycles. The number of nitrogens with two attached hydrogens (primary N) is 1. The molecule has 2 aromatic heterocycles. The van der Waals surface area contributed by atoms with E-state index >= 15 is 0 Å². The Balaban J connectivity index is 2.55. The topological polar surface area (TPSA) is 74.2 Å². The first kappa shape index (κ1) is 8.96. The lowest BCUT2D eigenvalue weighted by molar-refractivity contribution is 0.337. The van der Waals surface area contributed by atoms with E-state index in [1.165, 1.54) is 0 Å². The van der Waals surface area contributed by atoms with Gasteiger partial charge in [0, 0.05) is 12.3 Å². The van der Waals surface area contributed by atoms with Crippen molar-refractivity contribution in [3.05, 3.63) is 18.2 Å². The summed E-state index contributed by atoms with van der Waals surface area (Å²) in [6.45, 7) is 2.76. The van der Waals surface area contributed by atoms with E-state index in [4.69, 9.17) is 14.9 Å². The van der Waals surface area contributed by atoms with Crippen LogP contribution in [0, 0.1) is 0 Å². The summed E-state index contributed by atoms with van der Waals surface area (Å²) in [6.07, 6.45) is 1.64. The molecule has 2 heterocycles. The minimum Gasteiger partial charge on any atom is -0.490 e. The summed E-state index contributed by atoms with van der Waals surface area (Å²) in [7, 11) is 0. The number of rotatable bonds is 3. The smallest absolute Gasteiger partial charge is 0.215 e. The van der Waals surface area contributed by atoms with Gasteiger partial charge in [-0.1, -0.05) is 0 Å². The first-order valence-corrected chi connectivity index (χ1v) is 4.42. The van der Waals surface area contributed by atoms with Gasteiger partial charge < -0.3 is 14.9 Å². The van der Waals surface area contributed by atoms with E-state index in [-0.39, 0.29) is 6.54 Å². The van der Waals surface area contributed by atoms with Crippen LogP contribution in [0.2, 0.25) is 0 Å². The predicted molar refractivity (Wildman–Crippen MR) is 50.9 cm³/mol. The first-order chi connectivity index (χ1) is 6.85. The molecule has 0 atom stereocenters. The molecule has 0 saturated carbocycles. The normalized spacial score (nSPS) is 10.7. The van der Waals surface area contributed by atoms with Gasteiger partial charge >= 0.3 is 0 Å². The van der Waals surface area contributed by atoms with Crippen LogP contribution in [0.4, 0.5) is 0 Å². The largest absolute Gasteiger partial charge is 0.490 e. The Morgan fingerprint density at radius 3 is 3.14 bits per heavy atom. The van der Waals surface area contributed by atoms with Crippen LogP contribution < -0.4 is 10.5 Å². The summed E-state index contributed by atoms with van der Waals surface area (Å²) in [5.74, 6) is 1.13. The van der Waals surface area contributed by atoms with E-state index in [0.717, 1.165) is 0 Å². The molecule has 0 aliphatic heterocycles. The molecule has 2 rings (SSSR count). The van der Waals surface area contributed by atoms with Crippen LogP contribution in [-0.2, 0) is 6.54 Å². The van der Waals surface area contributed by atoms with E-state index in [1.807, 2.05) is 6.92 Å². The van der Waals surface area contributed by atoms with Gasteiger partial charge in [0.15, 0.2) is 5.75 Å². The predicted octanol–water partition coefficient (Wildman–Crippen LogP) is 1.08. The second kappa shape index (κ2) is 3.63. The quantitative estimate of drug-likeness (QED) is 0.789. The Hall–Kier alpha value is -1.62. The molecule has 0 spiro atoms. The van der Waals surface area contributed by atoms with Gasteiger partial charge in [-0.25, -0.2) is 4.98 Å². The third kappa shape index (κ3) is 1.42. The van der Waals surface area contributed by atoms with Gasteiger partial charge in [-0.15, -0.1) is 0 Å². The molecule has 2 N–H and O–H groups in total. The van der Waals surface area contributed by atoms with Crippen molar-refractivity contribution in [3.63, 3.8) is 0 Å². The van der Waals surface area contributed by atoms with Gasteiger partial charge in [-0.05, 0) is 6.92 Å². The number of ether oxygens (including phenoxy) is 1. The summed E-state index contributed by atoms with van der Waals surface area (Å²) in [5.41, 5.74) is 6.52. The van der Waals surface area contributed by atoms with Crippen molar-refractivity contribution < 1.29 is 9.15 Å². The fraction of sp³-hybridized carbons (Fsp3) is 0.333.